The number of para-hydroxylation sites is 1. The molecule has 0 unspecified atom stereocenters. The summed E-state index contributed by atoms with van der Waals surface area (Å²) in [5, 5.41) is 4.28. The summed E-state index contributed by atoms with van der Waals surface area (Å²) in [6.45, 7) is 4.95. The van der Waals surface area contributed by atoms with Gasteiger partial charge in [0.2, 0.25) is 0 Å². The van der Waals surface area contributed by atoms with Crippen molar-refractivity contribution < 1.29 is 24.0 Å². The van der Waals surface area contributed by atoms with Crippen LogP contribution in [0.4, 0.5) is 14.9 Å². The molecule has 2 heterocycles. The summed E-state index contributed by atoms with van der Waals surface area (Å²) in [6.07, 6.45) is 2.79. The minimum absolute atomic E-state index is 0.169. The number of nitrogens with zero attached hydrogens (tertiary/aromatic N) is 2. The third-order valence-corrected chi connectivity index (χ3v) is 6.61. The molecule has 0 aliphatic carbocycles. The SMILES string of the molecule is C=CCOC(=O)N1CCC(c2nc(C(=O)[NH2+]c3ccccc3-c3ccc(F)cc3)cs2)CC1. The van der Waals surface area contributed by atoms with Crippen LogP contribution < -0.4 is 5.32 Å². The molecule has 0 radical (unpaired) electrons. The van der Waals surface area contributed by atoms with E-state index in [1.165, 1.54) is 23.5 Å². The van der Waals surface area contributed by atoms with E-state index in [9.17, 15) is 14.0 Å². The Morgan fingerprint density at radius 3 is 2.64 bits per heavy atom. The lowest BCUT2D eigenvalue weighted by atomic mass is 9.98. The number of nitrogens with two attached hydrogens (primary N) is 1. The van der Waals surface area contributed by atoms with Gasteiger partial charge >= 0.3 is 12.0 Å². The third kappa shape index (κ3) is 5.53. The molecule has 0 atom stereocenters. The van der Waals surface area contributed by atoms with Crippen LogP contribution in [0, 0.1) is 5.82 Å². The lowest BCUT2D eigenvalue weighted by Gasteiger charge is -2.30. The van der Waals surface area contributed by atoms with E-state index in [-0.39, 0.29) is 30.3 Å². The largest absolute Gasteiger partial charge is 0.445 e. The molecule has 1 aromatic heterocycles. The molecule has 1 saturated heterocycles. The van der Waals surface area contributed by atoms with E-state index in [4.69, 9.17) is 4.74 Å². The van der Waals surface area contributed by atoms with Crippen LogP contribution >= 0.6 is 11.3 Å². The summed E-state index contributed by atoms with van der Waals surface area (Å²) < 4.78 is 18.4. The zero-order valence-corrected chi connectivity index (χ0v) is 18.9. The Morgan fingerprint density at radius 1 is 1.18 bits per heavy atom. The van der Waals surface area contributed by atoms with Crippen LogP contribution in [0.2, 0.25) is 0 Å². The number of primary amides is 1. The van der Waals surface area contributed by atoms with Crippen molar-refractivity contribution in [3.63, 3.8) is 0 Å². The Bertz CT molecular complexity index is 1140. The minimum Gasteiger partial charge on any atom is -0.445 e. The number of carbonyl (C=O) groups excluding carboxylic acids is 2. The molecule has 170 valence electrons. The first-order valence-electron chi connectivity index (χ1n) is 10.8. The third-order valence-electron chi connectivity index (χ3n) is 5.60. The summed E-state index contributed by atoms with van der Waals surface area (Å²) in [7, 11) is 0. The Kier molecular flexibility index (Phi) is 7.26. The van der Waals surface area contributed by atoms with Crippen molar-refractivity contribution in [2.45, 2.75) is 18.8 Å². The van der Waals surface area contributed by atoms with Gasteiger partial charge in [0.05, 0.1) is 5.01 Å². The molecular formula is C25H25FN3O3S+. The number of amides is 2. The van der Waals surface area contributed by atoms with Crippen molar-refractivity contribution in [1.29, 1.82) is 0 Å². The van der Waals surface area contributed by atoms with Gasteiger partial charge < -0.3 is 9.64 Å². The van der Waals surface area contributed by atoms with Crippen molar-refractivity contribution >= 4 is 29.0 Å². The van der Waals surface area contributed by atoms with Crippen molar-refractivity contribution in [2.75, 3.05) is 19.7 Å². The highest BCUT2D eigenvalue weighted by Gasteiger charge is 2.27. The Labute approximate surface area is 195 Å². The fraction of sp³-hybridized carbons (Fsp3) is 0.240. The molecule has 2 amide bonds. The van der Waals surface area contributed by atoms with Gasteiger partial charge in [-0.3, -0.25) is 0 Å². The molecule has 2 N–H and O–H groups in total. The highest BCUT2D eigenvalue weighted by Crippen LogP contribution is 2.30. The number of thiazole rings is 1. The summed E-state index contributed by atoms with van der Waals surface area (Å²) in [5.41, 5.74) is 2.87. The molecule has 1 aliphatic heterocycles. The first-order valence-corrected chi connectivity index (χ1v) is 11.6. The number of carbonyl (C=O) groups is 2. The number of benzene rings is 2. The Balaban J connectivity index is 1.40. The van der Waals surface area contributed by atoms with Gasteiger partial charge in [0, 0.05) is 36.0 Å². The van der Waals surface area contributed by atoms with Crippen molar-refractivity contribution in [3.8, 4) is 11.1 Å². The molecule has 0 saturated carbocycles. The molecule has 0 spiro atoms. The van der Waals surface area contributed by atoms with Crippen molar-refractivity contribution in [2.24, 2.45) is 0 Å². The maximum atomic E-state index is 13.3. The molecule has 4 rings (SSSR count). The number of quaternary nitrogens is 1. The summed E-state index contributed by atoms with van der Waals surface area (Å²) in [5.74, 6) is -0.255. The summed E-state index contributed by atoms with van der Waals surface area (Å²) >= 11 is 1.48. The molecule has 6 nitrogen and oxygen atoms in total. The van der Waals surface area contributed by atoms with E-state index in [0.717, 1.165) is 34.7 Å². The molecule has 8 heteroatoms. The predicted octanol–water partition coefficient (Wildman–Crippen LogP) is 4.49. The van der Waals surface area contributed by atoms with E-state index in [1.54, 1.807) is 33.8 Å². The standard InChI is InChI=1S/C25H24FN3O3S/c1-2-15-32-25(31)29-13-11-18(12-14-29)24-28-22(16-33-24)23(30)27-21-6-4-3-5-20(21)17-7-9-19(26)10-8-17/h2-10,16,18H,1,11-15H2,(H,27,30)/p+1. The maximum absolute atomic E-state index is 13.3. The van der Waals surface area contributed by atoms with Crippen LogP contribution in [0.1, 0.15) is 34.3 Å². The number of rotatable bonds is 6. The van der Waals surface area contributed by atoms with Crippen molar-refractivity contribution in [1.82, 2.24) is 9.88 Å². The normalized spacial score (nSPS) is 14.2. The molecule has 1 fully saturated rings. The summed E-state index contributed by atoms with van der Waals surface area (Å²) in [4.78, 5) is 31.2. The lowest BCUT2D eigenvalue weighted by Crippen LogP contribution is -2.82. The van der Waals surface area contributed by atoms with E-state index < -0.39 is 0 Å². The first kappa shape index (κ1) is 22.8. The predicted molar refractivity (Wildman–Crippen MR) is 125 cm³/mol. The summed E-state index contributed by atoms with van der Waals surface area (Å²) in [6, 6.07) is 13.8. The smallest absolute Gasteiger partial charge is 0.410 e. The van der Waals surface area contributed by atoms with Crippen LogP contribution in [0.25, 0.3) is 11.1 Å². The Hall–Kier alpha value is -3.36. The van der Waals surface area contributed by atoms with Gasteiger partial charge in [-0.25, -0.2) is 24.3 Å². The number of likely N-dealkylation sites (tertiary alicyclic amines) is 1. The van der Waals surface area contributed by atoms with Gasteiger partial charge in [-0.15, -0.1) is 11.3 Å². The number of aromatic nitrogens is 1. The number of hydrogen-bond donors (Lipinski definition) is 1. The fourth-order valence-electron chi connectivity index (χ4n) is 3.85. The van der Waals surface area contributed by atoms with Gasteiger partial charge in [-0.1, -0.05) is 36.9 Å². The van der Waals surface area contributed by atoms with E-state index in [1.807, 2.05) is 24.3 Å². The zero-order chi connectivity index (χ0) is 23.2. The molecule has 2 aromatic carbocycles. The van der Waals surface area contributed by atoms with E-state index >= 15 is 0 Å². The zero-order valence-electron chi connectivity index (χ0n) is 18.1. The second-order valence-corrected chi connectivity index (χ2v) is 8.69. The average Bonchev–Trinajstić information content (AvgIpc) is 3.34. The molecule has 0 bridgehead atoms. The van der Waals surface area contributed by atoms with Crippen LogP contribution in [0.15, 0.2) is 66.6 Å². The van der Waals surface area contributed by atoms with Gasteiger partial charge in [0.15, 0.2) is 5.69 Å². The van der Waals surface area contributed by atoms with Crippen LogP contribution in [-0.4, -0.2) is 41.6 Å². The number of halogens is 1. The van der Waals surface area contributed by atoms with Crippen molar-refractivity contribution in [3.05, 3.63) is 83.1 Å². The minimum atomic E-state index is -0.322. The number of ether oxygens (including phenoxy) is 1. The van der Waals surface area contributed by atoms with Gasteiger partial charge in [-0.05, 0) is 36.6 Å². The van der Waals surface area contributed by atoms with Crippen LogP contribution in [-0.2, 0) is 4.74 Å². The molecule has 3 aromatic rings. The van der Waals surface area contributed by atoms with Crippen LogP contribution in [0.5, 0.6) is 0 Å². The topological polar surface area (TPSA) is 76.1 Å². The second-order valence-electron chi connectivity index (χ2n) is 7.80. The number of piperidine rings is 1. The first-order chi connectivity index (χ1) is 16.0. The average molecular weight is 467 g/mol. The van der Waals surface area contributed by atoms with Gasteiger partial charge in [0.1, 0.15) is 18.1 Å². The number of hydrogen-bond acceptors (Lipinski definition) is 5. The molecule has 1 aliphatic rings. The highest BCUT2D eigenvalue weighted by atomic mass is 32.1. The van der Waals surface area contributed by atoms with Gasteiger partial charge in [0.25, 0.3) is 0 Å². The highest BCUT2D eigenvalue weighted by molar-refractivity contribution is 7.09. The maximum Gasteiger partial charge on any atom is 0.410 e. The van der Waals surface area contributed by atoms with Crippen LogP contribution in [0.3, 0.4) is 0 Å². The quantitative estimate of drug-likeness (QED) is 0.429. The molecular weight excluding hydrogens is 441 g/mol. The fourth-order valence-corrected chi connectivity index (χ4v) is 4.83. The van der Waals surface area contributed by atoms with E-state index in [0.29, 0.717) is 18.8 Å². The second kappa shape index (κ2) is 10.5. The van der Waals surface area contributed by atoms with Gasteiger partial charge in [-0.2, -0.15) is 0 Å². The Morgan fingerprint density at radius 2 is 1.91 bits per heavy atom. The lowest BCUT2D eigenvalue weighted by molar-refractivity contribution is -0.463. The molecule has 33 heavy (non-hydrogen) atoms. The monoisotopic (exact) mass is 466 g/mol. The van der Waals surface area contributed by atoms with E-state index in [2.05, 4.69) is 11.6 Å².